The van der Waals surface area contributed by atoms with Gasteiger partial charge in [-0.2, -0.15) is 5.10 Å². The van der Waals surface area contributed by atoms with E-state index in [-0.39, 0.29) is 0 Å². The first-order valence-electron chi connectivity index (χ1n) is 4.53. The highest BCUT2D eigenvalue weighted by molar-refractivity contribution is 7.14. The van der Waals surface area contributed by atoms with Gasteiger partial charge in [0, 0.05) is 17.4 Å². The number of hydrogen-bond donors (Lipinski definition) is 0. The average molecular weight is 202 g/mol. The number of rotatable bonds is 0. The van der Waals surface area contributed by atoms with Crippen molar-refractivity contribution in [3.05, 3.63) is 30.0 Å². The molecule has 0 aliphatic rings. The van der Waals surface area contributed by atoms with Crippen LogP contribution in [0.1, 0.15) is 18.9 Å². The molecule has 2 nitrogen and oxygen atoms in total. The van der Waals surface area contributed by atoms with Gasteiger partial charge in [0.2, 0.25) is 0 Å². The maximum absolute atomic E-state index is 4.15. The lowest BCUT2D eigenvalue weighted by Gasteiger charge is -1.94. The van der Waals surface area contributed by atoms with Crippen LogP contribution in [0.5, 0.6) is 0 Å². The van der Waals surface area contributed by atoms with Crippen molar-refractivity contribution in [3.63, 3.8) is 0 Å². The molecule has 0 radical (unpaired) electrons. The van der Waals surface area contributed by atoms with Crippen molar-refractivity contribution in [2.24, 2.45) is 0 Å². The molecule has 2 aromatic rings. The van der Waals surface area contributed by atoms with Crippen LogP contribution in [0, 0.1) is 11.8 Å². The largest absolute Gasteiger partial charge is 0.251 e. The maximum Gasteiger partial charge on any atom is 0.0729 e. The van der Waals surface area contributed by atoms with Crippen molar-refractivity contribution in [3.8, 4) is 11.8 Å². The predicted octanol–water partition coefficient (Wildman–Crippen LogP) is 2.44. The van der Waals surface area contributed by atoms with E-state index in [1.807, 2.05) is 25.3 Å². The quantitative estimate of drug-likeness (QED) is 0.474. The summed E-state index contributed by atoms with van der Waals surface area (Å²) in [5.41, 5.74) is 2.14. The van der Waals surface area contributed by atoms with E-state index in [0.29, 0.717) is 0 Å². The summed E-state index contributed by atoms with van der Waals surface area (Å²) in [4.78, 5) is 0. The van der Waals surface area contributed by atoms with Gasteiger partial charge in [0.05, 0.1) is 11.7 Å². The summed E-state index contributed by atoms with van der Waals surface area (Å²) in [7, 11) is 2.56. The van der Waals surface area contributed by atoms with Crippen LogP contribution < -0.4 is 0 Å². The van der Waals surface area contributed by atoms with Crippen molar-refractivity contribution in [1.29, 1.82) is 0 Å². The van der Waals surface area contributed by atoms with Gasteiger partial charge in [-0.3, -0.25) is 4.45 Å². The molecule has 0 saturated carbocycles. The van der Waals surface area contributed by atoms with E-state index < -0.39 is 0 Å². The molecule has 1 aromatic heterocycles. The Morgan fingerprint density at radius 3 is 3.14 bits per heavy atom. The molecule has 0 amide bonds. The van der Waals surface area contributed by atoms with Gasteiger partial charge in [0.15, 0.2) is 0 Å². The van der Waals surface area contributed by atoms with Gasteiger partial charge < -0.3 is 0 Å². The Kier molecular flexibility index (Phi) is 2.52. The average Bonchev–Trinajstić information content (AvgIpc) is 2.57. The fourth-order valence-corrected chi connectivity index (χ4v) is 1.60. The van der Waals surface area contributed by atoms with Crippen molar-refractivity contribution in [2.45, 2.75) is 13.3 Å². The van der Waals surface area contributed by atoms with Crippen molar-refractivity contribution in [2.75, 3.05) is 0 Å². The lowest BCUT2D eigenvalue weighted by molar-refractivity contribution is 1.04. The third-order valence-corrected chi connectivity index (χ3v) is 2.42. The second kappa shape index (κ2) is 3.82. The van der Waals surface area contributed by atoms with Crippen LogP contribution in [0.25, 0.3) is 10.9 Å². The first-order valence-corrected chi connectivity index (χ1v) is 5.04. The minimum Gasteiger partial charge on any atom is -0.251 e. The number of nitrogens with zero attached hydrogens (tertiary/aromatic N) is 2. The van der Waals surface area contributed by atoms with Crippen molar-refractivity contribution >= 4 is 20.3 Å². The Morgan fingerprint density at radius 1 is 1.50 bits per heavy atom. The van der Waals surface area contributed by atoms with E-state index in [1.54, 1.807) is 4.45 Å². The number of hydrogen-bond acceptors (Lipinski definition) is 1. The highest BCUT2D eigenvalue weighted by Gasteiger charge is 1.98. The van der Waals surface area contributed by atoms with E-state index >= 15 is 0 Å². The van der Waals surface area contributed by atoms with Gasteiger partial charge in [0.25, 0.3) is 0 Å². The van der Waals surface area contributed by atoms with Crippen molar-refractivity contribution in [1.82, 2.24) is 9.55 Å². The highest BCUT2D eigenvalue weighted by atomic mass is 31.0. The molecule has 0 fully saturated rings. The lowest BCUT2D eigenvalue weighted by atomic mass is 10.2. The summed E-state index contributed by atoms with van der Waals surface area (Å²) in [5.74, 6) is 6.16. The maximum atomic E-state index is 4.15. The summed E-state index contributed by atoms with van der Waals surface area (Å²) in [6.45, 7) is 2.05. The van der Waals surface area contributed by atoms with E-state index in [1.165, 1.54) is 0 Å². The van der Waals surface area contributed by atoms with Crippen LogP contribution in [0.2, 0.25) is 0 Å². The van der Waals surface area contributed by atoms with E-state index in [2.05, 4.69) is 32.4 Å². The number of benzene rings is 1. The minimum atomic E-state index is 0.887. The second-order valence-electron chi connectivity index (χ2n) is 3.02. The Hall–Kier alpha value is -1.32. The second-order valence-corrected chi connectivity index (χ2v) is 3.51. The first kappa shape index (κ1) is 9.24. The monoisotopic (exact) mass is 202 g/mol. The summed E-state index contributed by atoms with van der Waals surface area (Å²) >= 11 is 0. The summed E-state index contributed by atoms with van der Waals surface area (Å²) in [5, 5.41) is 5.29. The first-order chi connectivity index (χ1) is 6.81. The molecule has 1 heterocycles. The minimum absolute atomic E-state index is 0.887. The Labute approximate surface area is 85.6 Å². The fraction of sp³-hybridized carbons (Fsp3) is 0.182. The van der Waals surface area contributed by atoms with Gasteiger partial charge in [-0.15, -0.1) is 0 Å². The lowest BCUT2D eigenvalue weighted by Crippen LogP contribution is -1.81. The predicted molar refractivity (Wildman–Crippen MR) is 62.0 cm³/mol. The normalized spacial score (nSPS) is 9.86. The van der Waals surface area contributed by atoms with Crippen LogP contribution >= 0.6 is 9.39 Å². The van der Waals surface area contributed by atoms with Gasteiger partial charge in [-0.1, -0.05) is 18.8 Å². The number of aromatic nitrogens is 2. The summed E-state index contributed by atoms with van der Waals surface area (Å²) in [6, 6.07) is 6.12. The third-order valence-electron chi connectivity index (χ3n) is 2.01. The van der Waals surface area contributed by atoms with E-state index in [4.69, 9.17) is 0 Å². The van der Waals surface area contributed by atoms with Crippen molar-refractivity contribution < 1.29 is 0 Å². The molecule has 70 valence electrons. The Balaban J connectivity index is 2.54. The smallest absolute Gasteiger partial charge is 0.0729 e. The van der Waals surface area contributed by atoms with Crippen LogP contribution in [-0.4, -0.2) is 9.55 Å². The summed E-state index contributed by atoms with van der Waals surface area (Å²) < 4.78 is 1.78. The molecule has 1 unspecified atom stereocenters. The zero-order valence-electron chi connectivity index (χ0n) is 7.99. The molecular formula is C11H11N2P. The molecule has 0 spiro atoms. The van der Waals surface area contributed by atoms with Crippen LogP contribution in [-0.2, 0) is 0 Å². The molecule has 1 aromatic carbocycles. The van der Waals surface area contributed by atoms with Crippen LogP contribution in [0.4, 0.5) is 0 Å². The SMILES string of the molecule is CCC#Cc1ccc2cnn(P)c2c1. The van der Waals surface area contributed by atoms with Gasteiger partial charge in [-0.25, -0.2) is 0 Å². The molecule has 0 saturated heterocycles. The fourth-order valence-electron chi connectivity index (χ4n) is 1.31. The molecule has 14 heavy (non-hydrogen) atoms. The summed E-state index contributed by atoms with van der Waals surface area (Å²) in [6.07, 6.45) is 2.73. The zero-order valence-corrected chi connectivity index (χ0v) is 9.14. The molecule has 0 aliphatic carbocycles. The molecule has 0 aliphatic heterocycles. The highest BCUT2D eigenvalue weighted by Crippen LogP contribution is 2.16. The zero-order chi connectivity index (χ0) is 9.97. The standard InChI is InChI=1S/C11H11N2P/c1-2-3-4-9-5-6-10-8-12-13(14)11(10)7-9/h5-8H,2,14H2,1H3. The molecule has 0 N–H and O–H groups in total. The van der Waals surface area contributed by atoms with Crippen LogP contribution in [0.3, 0.4) is 0 Å². The Morgan fingerprint density at radius 2 is 2.36 bits per heavy atom. The topological polar surface area (TPSA) is 17.8 Å². The van der Waals surface area contributed by atoms with E-state index in [0.717, 1.165) is 22.9 Å². The molecule has 0 bridgehead atoms. The van der Waals surface area contributed by atoms with Crippen LogP contribution in [0.15, 0.2) is 24.4 Å². The van der Waals surface area contributed by atoms with E-state index in [9.17, 15) is 0 Å². The molecular weight excluding hydrogens is 191 g/mol. The van der Waals surface area contributed by atoms with Gasteiger partial charge in [-0.05, 0) is 27.6 Å². The van der Waals surface area contributed by atoms with Gasteiger partial charge >= 0.3 is 0 Å². The van der Waals surface area contributed by atoms with Gasteiger partial charge in [0.1, 0.15) is 0 Å². The molecule has 3 heteroatoms. The Bertz CT molecular complexity index is 517. The third kappa shape index (κ3) is 1.64. The molecule has 2 rings (SSSR count). The molecule has 1 atom stereocenters. The number of fused-ring (bicyclic) bond motifs is 1.